The molecule has 2 heterocycles. The van der Waals surface area contributed by atoms with Gasteiger partial charge < -0.3 is 16.6 Å². The highest BCUT2D eigenvalue weighted by atomic mass is 32.2. The molecule has 92 valence electrons. The SMILES string of the molecule is Nc1cc(N)nc(Sc2cncc(C(=O)O)n2)n1. The highest BCUT2D eigenvalue weighted by Crippen LogP contribution is 2.23. The molecule has 2 rings (SSSR count). The van der Waals surface area contributed by atoms with Gasteiger partial charge in [-0.1, -0.05) is 0 Å². The van der Waals surface area contributed by atoms with Gasteiger partial charge >= 0.3 is 5.97 Å². The highest BCUT2D eigenvalue weighted by molar-refractivity contribution is 7.99. The number of nitrogen functional groups attached to an aromatic ring is 2. The first-order chi connectivity index (χ1) is 8.54. The number of hydrogen-bond acceptors (Lipinski definition) is 8. The van der Waals surface area contributed by atoms with Crippen LogP contribution in [0.4, 0.5) is 11.6 Å². The molecule has 9 heteroatoms. The van der Waals surface area contributed by atoms with Crippen molar-refractivity contribution in [3.63, 3.8) is 0 Å². The topological polar surface area (TPSA) is 141 Å². The van der Waals surface area contributed by atoms with Crippen LogP contribution in [0.1, 0.15) is 10.5 Å². The molecule has 18 heavy (non-hydrogen) atoms. The maximum absolute atomic E-state index is 10.7. The van der Waals surface area contributed by atoms with Crippen LogP contribution >= 0.6 is 11.8 Å². The number of carbonyl (C=O) groups is 1. The molecule has 2 aromatic heterocycles. The molecule has 0 amide bonds. The van der Waals surface area contributed by atoms with E-state index >= 15 is 0 Å². The molecular formula is C9H8N6O2S. The van der Waals surface area contributed by atoms with Gasteiger partial charge in [-0.2, -0.15) is 0 Å². The molecule has 0 aliphatic carbocycles. The molecule has 0 aliphatic heterocycles. The van der Waals surface area contributed by atoms with Crippen molar-refractivity contribution in [3.8, 4) is 0 Å². The van der Waals surface area contributed by atoms with Crippen molar-refractivity contribution >= 4 is 29.4 Å². The first kappa shape index (κ1) is 12.0. The van der Waals surface area contributed by atoms with Crippen LogP contribution in [0.15, 0.2) is 28.6 Å². The van der Waals surface area contributed by atoms with Gasteiger partial charge in [-0.3, -0.25) is 4.98 Å². The minimum absolute atomic E-state index is 0.156. The van der Waals surface area contributed by atoms with Gasteiger partial charge in [0.05, 0.1) is 12.4 Å². The summed E-state index contributed by atoms with van der Waals surface area (Å²) in [6, 6.07) is 1.42. The number of carboxylic acid groups (broad SMARTS) is 1. The van der Waals surface area contributed by atoms with Crippen LogP contribution in [-0.4, -0.2) is 31.0 Å². The maximum atomic E-state index is 10.7. The second-order valence-electron chi connectivity index (χ2n) is 3.15. The van der Waals surface area contributed by atoms with E-state index in [9.17, 15) is 4.79 Å². The summed E-state index contributed by atoms with van der Waals surface area (Å²) in [5.41, 5.74) is 10.9. The van der Waals surface area contributed by atoms with Crippen molar-refractivity contribution in [2.45, 2.75) is 10.2 Å². The van der Waals surface area contributed by atoms with Crippen molar-refractivity contribution in [1.29, 1.82) is 0 Å². The quantitative estimate of drug-likeness (QED) is 0.666. The standard InChI is InChI=1S/C9H8N6O2S/c10-5-1-6(11)15-9(14-5)18-7-3-12-2-4(13-7)8(16)17/h1-3H,(H,16,17)(H4,10,11,14,15). The average Bonchev–Trinajstić information content (AvgIpc) is 2.27. The third-order valence-corrected chi connectivity index (χ3v) is 2.54. The number of rotatable bonds is 3. The van der Waals surface area contributed by atoms with Crippen molar-refractivity contribution in [2.75, 3.05) is 11.5 Å². The summed E-state index contributed by atoms with van der Waals surface area (Å²) in [5.74, 6) is -0.697. The summed E-state index contributed by atoms with van der Waals surface area (Å²) in [6.45, 7) is 0. The Balaban J connectivity index is 2.28. The Morgan fingerprint density at radius 3 is 2.44 bits per heavy atom. The van der Waals surface area contributed by atoms with Crippen LogP contribution in [0.5, 0.6) is 0 Å². The van der Waals surface area contributed by atoms with E-state index in [0.717, 1.165) is 18.0 Å². The zero-order valence-corrected chi connectivity index (χ0v) is 9.76. The second-order valence-corrected chi connectivity index (χ2v) is 4.14. The largest absolute Gasteiger partial charge is 0.476 e. The fraction of sp³-hybridized carbons (Fsp3) is 0. The Hall–Kier alpha value is -2.42. The summed E-state index contributed by atoms with van der Waals surface area (Å²) < 4.78 is 0. The van der Waals surface area contributed by atoms with Crippen LogP contribution in [0.25, 0.3) is 0 Å². The summed E-state index contributed by atoms with van der Waals surface area (Å²) in [7, 11) is 0. The molecule has 0 radical (unpaired) electrons. The molecule has 8 nitrogen and oxygen atoms in total. The van der Waals surface area contributed by atoms with Gasteiger partial charge in [-0.25, -0.2) is 19.7 Å². The van der Waals surface area contributed by atoms with E-state index in [1.165, 1.54) is 12.3 Å². The van der Waals surface area contributed by atoms with E-state index in [2.05, 4.69) is 19.9 Å². The summed E-state index contributed by atoms with van der Waals surface area (Å²) in [5, 5.41) is 9.41. The third kappa shape index (κ3) is 2.83. The van der Waals surface area contributed by atoms with E-state index in [4.69, 9.17) is 16.6 Å². The Bertz CT molecular complexity index is 585. The number of aromatic carboxylic acids is 1. The molecule has 0 aliphatic rings. The lowest BCUT2D eigenvalue weighted by atomic mass is 10.5. The summed E-state index contributed by atoms with van der Waals surface area (Å²) >= 11 is 1.03. The van der Waals surface area contributed by atoms with E-state index in [-0.39, 0.29) is 22.5 Å². The van der Waals surface area contributed by atoms with Gasteiger partial charge in [0, 0.05) is 6.07 Å². The lowest BCUT2D eigenvalue weighted by molar-refractivity contribution is 0.0689. The number of carboxylic acids is 1. The minimum Gasteiger partial charge on any atom is -0.476 e. The number of anilines is 2. The lowest BCUT2D eigenvalue weighted by Gasteiger charge is -2.02. The van der Waals surface area contributed by atoms with Crippen molar-refractivity contribution < 1.29 is 9.90 Å². The molecule has 0 atom stereocenters. The minimum atomic E-state index is -1.15. The first-order valence-electron chi connectivity index (χ1n) is 4.68. The maximum Gasteiger partial charge on any atom is 0.356 e. The number of nitrogens with zero attached hydrogens (tertiary/aromatic N) is 4. The molecule has 0 fully saturated rings. The number of hydrogen-bond donors (Lipinski definition) is 3. The molecular weight excluding hydrogens is 256 g/mol. The predicted octanol–water partition coefficient (Wildman–Crippen LogP) is 0.280. The Labute approximate surface area is 105 Å². The van der Waals surface area contributed by atoms with E-state index in [1.807, 2.05) is 0 Å². The van der Waals surface area contributed by atoms with Gasteiger partial charge in [0.2, 0.25) is 0 Å². The van der Waals surface area contributed by atoms with Crippen LogP contribution in [0.2, 0.25) is 0 Å². The van der Waals surface area contributed by atoms with Crippen molar-refractivity contribution in [1.82, 2.24) is 19.9 Å². The molecule has 5 N–H and O–H groups in total. The van der Waals surface area contributed by atoms with Crippen LogP contribution in [-0.2, 0) is 0 Å². The van der Waals surface area contributed by atoms with E-state index in [1.54, 1.807) is 0 Å². The predicted molar refractivity (Wildman–Crippen MR) is 64.0 cm³/mol. The van der Waals surface area contributed by atoms with Gasteiger partial charge in [0.1, 0.15) is 16.7 Å². The monoisotopic (exact) mass is 264 g/mol. The second kappa shape index (κ2) is 4.84. The van der Waals surface area contributed by atoms with Crippen molar-refractivity contribution in [3.05, 3.63) is 24.2 Å². The first-order valence-corrected chi connectivity index (χ1v) is 5.49. The summed E-state index contributed by atoms with van der Waals surface area (Å²) in [6.07, 6.45) is 2.56. The molecule has 0 unspecified atom stereocenters. The fourth-order valence-corrected chi connectivity index (χ4v) is 1.85. The highest BCUT2D eigenvalue weighted by Gasteiger charge is 2.09. The zero-order chi connectivity index (χ0) is 13.1. The number of nitrogens with two attached hydrogens (primary N) is 2. The lowest BCUT2D eigenvalue weighted by Crippen LogP contribution is -2.02. The number of aromatic nitrogens is 4. The third-order valence-electron chi connectivity index (χ3n) is 1.77. The van der Waals surface area contributed by atoms with E-state index < -0.39 is 5.97 Å². The van der Waals surface area contributed by atoms with Crippen molar-refractivity contribution in [2.24, 2.45) is 0 Å². The normalized spacial score (nSPS) is 10.2. The molecule has 0 spiro atoms. The van der Waals surface area contributed by atoms with Gasteiger partial charge in [0.15, 0.2) is 10.9 Å². The molecule has 0 bridgehead atoms. The summed E-state index contributed by atoms with van der Waals surface area (Å²) in [4.78, 5) is 26.2. The fourth-order valence-electron chi connectivity index (χ4n) is 1.10. The molecule has 0 saturated heterocycles. The Morgan fingerprint density at radius 2 is 1.83 bits per heavy atom. The molecule has 0 aromatic carbocycles. The Morgan fingerprint density at radius 1 is 1.17 bits per heavy atom. The smallest absolute Gasteiger partial charge is 0.356 e. The van der Waals surface area contributed by atoms with E-state index in [0.29, 0.717) is 5.03 Å². The zero-order valence-electron chi connectivity index (χ0n) is 8.94. The molecule has 2 aromatic rings. The average molecular weight is 264 g/mol. The van der Waals surface area contributed by atoms with Crippen LogP contribution in [0, 0.1) is 0 Å². The molecule has 0 saturated carbocycles. The van der Waals surface area contributed by atoms with Crippen LogP contribution in [0.3, 0.4) is 0 Å². The van der Waals surface area contributed by atoms with Gasteiger partial charge in [-0.05, 0) is 11.8 Å². The van der Waals surface area contributed by atoms with Gasteiger partial charge in [0.25, 0.3) is 0 Å². The van der Waals surface area contributed by atoms with Gasteiger partial charge in [-0.15, -0.1) is 0 Å². The van der Waals surface area contributed by atoms with Crippen LogP contribution < -0.4 is 11.5 Å². The Kier molecular flexibility index (Phi) is 3.24.